The van der Waals surface area contributed by atoms with Crippen molar-refractivity contribution in [2.75, 3.05) is 19.6 Å². The fraction of sp³-hybridized carbons (Fsp3) is 0.333. The predicted molar refractivity (Wildman–Crippen MR) is 52.1 cm³/mol. The highest BCUT2D eigenvalue weighted by molar-refractivity contribution is 4.83. The summed E-state index contributed by atoms with van der Waals surface area (Å²) in [5.74, 6) is 0. The van der Waals surface area contributed by atoms with Gasteiger partial charge in [0.2, 0.25) is 0 Å². The Morgan fingerprint density at radius 2 is 1.09 bits per heavy atom. The zero-order valence-corrected chi connectivity index (χ0v) is 7.13. The smallest absolute Gasteiger partial charge is 0.0167 e. The van der Waals surface area contributed by atoms with Crippen molar-refractivity contribution in [1.82, 2.24) is 11.1 Å². The summed E-state index contributed by atoms with van der Waals surface area (Å²) >= 11 is 0. The topological polar surface area (TPSA) is 38.2 Å². The Hall–Kier alpha value is -0.860. The SMILES string of the molecule is C=CCN(CC=C)CC=C.N. The highest BCUT2D eigenvalue weighted by Gasteiger charge is 1.94. The molecule has 0 atom stereocenters. The molecule has 0 saturated heterocycles. The summed E-state index contributed by atoms with van der Waals surface area (Å²) in [5.41, 5.74) is 0. The molecule has 0 radical (unpaired) electrons. The van der Waals surface area contributed by atoms with E-state index in [0.717, 1.165) is 19.6 Å². The van der Waals surface area contributed by atoms with Gasteiger partial charge in [0.25, 0.3) is 0 Å². The van der Waals surface area contributed by atoms with E-state index in [0.29, 0.717) is 0 Å². The highest BCUT2D eigenvalue weighted by atomic mass is 15.1. The third kappa shape index (κ3) is 7.03. The van der Waals surface area contributed by atoms with Crippen LogP contribution in [-0.2, 0) is 0 Å². The number of hydrogen-bond acceptors (Lipinski definition) is 2. The molecule has 64 valence electrons. The molecule has 0 amide bonds. The minimum Gasteiger partial charge on any atom is -0.344 e. The first-order chi connectivity index (χ1) is 4.85. The van der Waals surface area contributed by atoms with E-state index in [9.17, 15) is 0 Å². The van der Waals surface area contributed by atoms with E-state index in [1.165, 1.54) is 0 Å². The molecule has 2 heteroatoms. The summed E-state index contributed by atoms with van der Waals surface area (Å²) in [4.78, 5) is 2.19. The molecule has 0 bridgehead atoms. The zero-order chi connectivity index (χ0) is 7.82. The van der Waals surface area contributed by atoms with Crippen molar-refractivity contribution in [2.24, 2.45) is 0 Å². The fourth-order valence-electron chi connectivity index (χ4n) is 0.771. The normalized spacial score (nSPS) is 8.45. The van der Waals surface area contributed by atoms with Crippen LogP contribution in [-0.4, -0.2) is 24.5 Å². The molecule has 0 fully saturated rings. The Labute approximate surface area is 69.5 Å². The maximum atomic E-state index is 3.65. The third-order valence-electron chi connectivity index (χ3n) is 1.16. The van der Waals surface area contributed by atoms with Gasteiger partial charge >= 0.3 is 0 Å². The maximum absolute atomic E-state index is 3.65. The average molecular weight is 154 g/mol. The maximum Gasteiger partial charge on any atom is 0.0167 e. The van der Waals surface area contributed by atoms with Gasteiger partial charge < -0.3 is 6.15 Å². The molecular formula is C9H18N2. The van der Waals surface area contributed by atoms with Gasteiger partial charge in [-0.2, -0.15) is 0 Å². The lowest BCUT2D eigenvalue weighted by Crippen LogP contribution is -2.23. The molecule has 0 heterocycles. The first-order valence-corrected chi connectivity index (χ1v) is 3.40. The summed E-state index contributed by atoms with van der Waals surface area (Å²) in [5, 5.41) is 0. The van der Waals surface area contributed by atoms with Crippen molar-refractivity contribution < 1.29 is 0 Å². The van der Waals surface area contributed by atoms with E-state index in [-0.39, 0.29) is 6.15 Å². The van der Waals surface area contributed by atoms with Gasteiger partial charge in [-0.1, -0.05) is 18.2 Å². The van der Waals surface area contributed by atoms with Crippen molar-refractivity contribution in [3.8, 4) is 0 Å². The van der Waals surface area contributed by atoms with Crippen LogP contribution in [0.1, 0.15) is 0 Å². The van der Waals surface area contributed by atoms with Crippen molar-refractivity contribution >= 4 is 0 Å². The van der Waals surface area contributed by atoms with Crippen LogP contribution in [0.4, 0.5) is 0 Å². The van der Waals surface area contributed by atoms with E-state index in [4.69, 9.17) is 0 Å². The van der Waals surface area contributed by atoms with Crippen molar-refractivity contribution in [3.63, 3.8) is 0 Å². The number of nitrogens with zero attached hydrogens (tertiary/aromatic N) is 1. The molecule has 0 rings (SSSR count). The largest absolute Gasteiger partial charge is 0.344 e. The van der Waals surface area contributed by atoms with Crippen molar-refractivity contribution in [1.29, 1.82) is 0 Å². The van der Waals surface area contributed by atoms with Crippen LogP contribution >= 0.6 is 0 Å². The molecule has 0 aliphatic carbocycles. The van der Waals surface area contributed by atoms with Crippen molar-refractivity contribution in [3.05, 3.63) is 38.0 Å². The second kappa shape index (κ2) is 9.14. The van der Waals surface area contributed by atoms with Gasteiger partial charge in [0, 0.05) is 19.6 Å². The average Bonchev–Trinajstić information content (AvgIpc) is 1.90. The van der Waals surface area contributed by atoms with Gasteiger partial charge in [-0.15, -0.1) is 19.7 Å². The molecule has 0 aromatic heterocycles. The summed E-state index contributed by atoms with van der Waals surface area (Å²) in [6.45, 7) is 13.7. The quantitative estimate of drug-likeness (QED) is 0.594. The summed E-state index contributed by atoms with van der Waals surface area (Å²) in [6, 6.07) is 0. The van der Waals surface area contributed by atoms with Gasteiger partial charge in [0.15, 0.2) is 0 Å². The minimum absolute atomic E-state index is 0. The van der Waals surface area contributed by atoms with E-state index in [1.807, 2.05) is 18.2 Å². The lowest BCUT2D eigenvalue weighted by molar-refractivity contribution is 0.373. The predicted octanol–water partition coefficient (Wildman–Crippen LogP) is 2.01. The molecule has 0 unspecified atom stereocenters. The van der Waals surface area contributed by atoms with Crippen molar-refractivity contribution in [2.45, 2.75) is 0 Å². The Morgan fingerprint density at radius 3 is 1.27 bits per heavy atom. The molecule has 0 aromatic rings. The molecule has 0 aromatic carbocycles. The Bertz CT molecular complexity index is 95.0. The summed E-state index contributed by atoms with van der Waals surface area (Å²) in [6.07, 6.45) is 5.65. The fourth-order valence-corrected chi connectivity index (χ4v) is 0.771. The van der Waals surface area contributed by atoms with Crippen LogP contribution < -0.4 is 6.15 Å². The Morgan fingerprint density at radius 1 is 0.818 bits per heavy atom. The van der Waals surface area contributed by atoms with Crippen LogP contribution in [0.2, 0.25) is 0 Å². The monoisotopic (exact) mass is 154 g/mol. The van der Waals surface area contributed by atoms with Crippen LogP contribution in [0.3, 0.4) is 0 Å². The molecule has 3 N–H and O–H groups in total. The van der Waals surface area contributed by atoms with E-state index < -0.39 is 0 Å². The van der Waals surface area contributed by atoms with E-state index >= 15 is 0 Å². The van der Waals surface area contributed by atoms with Crippen LogP contribution in [0.15, 0.2) is 38.0 Å². The van der Waals surface area contributed by atoms with Crippen LogP contribution in [0.25, 0.3) is 0 Å². The third-order valence-corrected chi connectivity index (χ3v) is 1.16. The molecule has 11 heavy (non-hydrogen) atoms. The van der Waals surface area contributed by atoms with Gasteiger partial charge in [0.05, 0.1) is 0 Å². The van der Waals surface area contributed by atoms with Crippen LogP contribution in [0, 0.1) is 0 Å². The van der Waals surface area contributed by atoms with Crippen LogP contribution in [0.5, 0.6) is 0 Å². The zero-order valence-electron chi connectivity index (χ0n) is 7.13. The van der Waals surface area contributed by atoms with Gasteiger partial charge in [0.1, 0.15) is 0 Å². The molecule has 0 spiro atoms. The van der Waals surface area contributed by atoms with Gasteiger partial charge in [-0.05, 0) is 0 Å². The Balaban J connectivity index is 0. The molecule has 0 aliphatic rings. The summed E-state index contributed by atoms with van der Waals surface area (Å²) < 4.78 is 0. The summed E-state index contributed by atoms with van der Waals surface area (Å²) in [7, 11) is 0. The first-order valence-electron chi connectivity index (χ1n) is 3.40. The Kier molecular flexibility index (Phi) is 10.6. The number of rotatable bonds is 6. The van der Waals surface area contributed by atoms with Gasteiger partial charge in [-0.3, -0.25) is 4.90 Å². The second-order valence-corrected chi connectivity index (χ2v) is 2.08. The highest BCUT2D eigenvalue weighted by Crippen LogP contribution is 1.88. The molecule has 2 nitrogen and oxygen atoms in total. The molecule has 0 aliphatic heterocycles. The van der Waals surface area contributed by atoms with Gasteiger partial charge in [-0.25, -0.2) is 0 Å². The lowest BCUT2D eigenvalue weighted by atomic mass is 10.4. The molecule has 0 saturated carbocycles. The molecular weight excluding hydrogens is 136 g/mol. The van der Waals surface area contributed by atoms with E-state index in [1.54, 1.807) is 0 Å². The number of hydrogen-bond donors (Lipinski definition) is 1. The lowest BCUT2D eigenvalue weighted by Gasteiger charge is -2.15. The van der Waals surface area contributed by atoms with E-state index in [2.05, 4.69) is 24.6 Å². The first kappa shape index (κ1) is 12.8. The minimum atomic E-state index is 0. The second-order valence-electron chi connectivity index (χ2n) is 2.08. The standard InChI is InChI=1S/C9H15N.H3N/c1-4-7-10(8-5-2)9-6-3;/h4-6H,1-3,7-9H2;1H3.